The average molecular weight is 250 g/mol. The van der Waals surface area contributed by atoms with E-state index in [9.17, 15) is 9.59 Å². The summed E-state index contributed by atoms with van der Waals surface area (Å²) in [6.07, 6.45) is 2.70. The maximum atomic E-state index is 11.9. The van der Waals surface area contributed by atoms with Crippen molar-refractivity contribution in [2.24, 2.45) is 0 Å². The van der Waals surface area contributed by atoms with Gasteiger partial charge in [-0.15, -0.1) is 0 Å². The van der Waals surface area contributed by atoms with E-state index >= 15 is 0 Å². The van der Waals surface area contributed by atoms with E-state index in [-0.39, 0.29) is 11.9 Å². The predicted octanol–water partition coefficient (Wildman–Crippen LogP) is -0.324. The first-order valence-corrected chi connectivity index (χ1v) is 5.36. The molecule has 1 atom stereocenters. The second-order valence-corrected chi connectivity index (χ2v) is 3.75. The number of carbonyl (C=O) groups is 2. The quantitative estimate of drug-likeness (QED) is 0.590. The molecule has 1 aliphatic rings. The minimum Gasteiger partial charge on any atom is -0.372 e. The van der Waals surface area contributed by atoms with E-state index in [0.717, 1.165) is 0 Å². The number of carbonyl (C=O) groups excluding carboxylic acids is 2. The number of anilines is 1. The summed E-state index contributed by atoms with van der Waals surface area (Å²) < 4.78 is 0. The Morgan fingerprint density at radius 2 is 2.33 bits per heavy atom. The lowest BCUT2D eigenvalue weighted by Crippen LogP contribution is -2.52. The molecular weight excluding hydrogens is 236 g/mol. The van der Waals surface area contributed by atoms with E-state index in [4.69, 9.17) is 0 Å². The second-order valence-electron chi connectivity index (χ2n) is 3.75. The number of nitrogens with zero attached hydrogens (tertiary/aromatic N) is 2. The topological polar surface area (TPSA) is 102 Å². The molecule has 18 heavy (non-hydrogen) atoms. The lowest BCUT2D eigenvalue weighted by Gasteiger charge is -2.28. The third-order valence-electron chi connectivity index (χ3n) is 2.58. The van der Waals surface area contributed by atoms with Gasteiger partial charge >= 0.3 is 6.03 Å². The van der Waals surface area contributed by atoms with Gasteiger partial charge in [0.15, 0.2) is 0 Å². The Morgan fingerprint density at radius 1 is 1.56 bits per heavy atom. The Hall–Kier alpha value is -2.51. The molecule has 1 aliphatic heterocycles. The lowest BCUT2D eigenvalue weighted by molar-refractivity contribution is 0.0906. The molecule has 0 saturated heterocycles. The molecule has 2 rings (SSSR count). The van der Waals surface area contributed by atoms with Crippen molar-refractivity contribution in [3.8, 4) is 0 Å². The van der Waals surface area contributed by atoms with Crippen molar-refractivity contribution >= 4 is 17.8 Å². The summed E-state index contributed by atoms with van der Waals surface area (Å²) in [6.45, 7) is 0. The Bertz CT molecular complexity index is 494. The number of hydrogen-bond acceptors (Lipinski definition) is 4. The first-order chi connectivity index (χ1) is 8.61. The maximum Gasteiger partial charge on any atom is 0.323 e. The van der Waals surface area contributed by atoms with E-state index < -0.39 is 6.17 Å². The molecule has 4 N–H and O–H groups in total. The van der Waals surface area contributed by atoms with Gasteiger partial charge in [0.1, 0.15) is 17.7 Å². The van der Waals surface area contributed by atoms with Crippen LogP contribution in [0.15, 0.2) is 18.3 Å². The van der Waals surface area contributed by atoms with Crippen LogP contribution in [0.3, 0.4) is 0 Å². The molecule has 1 aromatic heterocycles. The number of hydrogen-bond donors (Lipinski definition) is 4. The van der Waals surface area contributed by atoms with Gasteiger partial charge in [-0.05, 0) is 6.08 Å². The number of amides is 3. The third kappa shape index (κ3) is 2.26. The molecule has 3 amide bonds. The third-order valence-corrected chi connectivity index (χ3v) is 2.58. The summed E-state index contributed by atoms with van der Waals surface area (Å²) in [5, 5.41) is 14.5. The van der Waals surface area contributed by atoms with E-state index in [1.807, 2.05) is 0 Å². The lowest BCUT2D eigenvalue weighted by atomic mass is 10.3. The SMILES string of the molecule is CNc1cc(C(=O)NC2C=CNC(=O)N2C)[nH]n1. The Balaban J connectivity index is 2.05. The highest BCUT2D eigenvalue weighted by molar-refractivity contribution is 5.93. The molecule has 1 unspecified atom stereocenters. The Labute approximate surface area is 103 Å². The molecule has 0 aromatic carbocycles. The zero-order valence-electron chi connectivity index (χ0n) is 10.0. The highest BCUT2D eigenvalue weighted by Gasteiger charge is 2.23. The highest BCUT2D eigenvalue weighted by atomic mass is 16.2. The number of likely N-dealkylation sites (N-methyl/N-ethyl adjacent to an activating group) is 1. The molecule has 2 heterocycles. The van der Waals surface area contributed by atoms with Crippen LogP contribution in [0.25, 0.3) is 0 Å². The monoisotopic (exact) mass is 250 g/mol. The fourth-order valence-corrected chi connectivity index (χ4v) is 1.49. The summed E-state index contributed by atoms with van der Waals surface area (Å²) >= 11 is 0. The fourth-order valence-electron chi connectivity index (χ4n) is 1.49. The van der Waals surface area contributed by atoms with Crippen LogP contribution >= 0.6 is 0 Å². The first-order valence-electron chi connectivity index (χ1n) is 5.36. The van der Waals surface area contributed by atoms with Crippen LogP contribution in [-0.4, -0.2) is 47.3 Å². The van der Waals surface area contributed by atoms with Crippen LogP contribution in [0, 0.1) is 0 Å². The van der Waals surface area contributed by atoms with Crippen LogP contribution in [0.2, 0.25) is 0 Å². The summed E-state index contributed by atoms with van der Waals surface area (Å²) in [5.41, 5.74) is 0.326. The van der Waals surface area contributed by atoms with Gasteiger partial charge in [-0.1, -0.05) is 0 Å². The number of H-pyrrole nitrogens is 1. The second kappa shape index (κ2) is 4.78. The molecule has 0 spiro atoms. The minimum atomic E-state index is -0.479. The van der Waals surface area contributed by atoms with Gasteiger partial charge in [-0.25, -0.2) is 4.79 Å². The summed E-state index contributed by atoms with van der Waals surface area (Å²) in [6, 6.07) is 1.31. The molecule has 8 nitrogen and oxygen atoms in total. The summed E-state index contributed by atoms with van der Waals surface area (Å²) in [5.74, 6) is 0.241. The average Bonchev–Trinajstić information content (AvgIpc) is 2.83. The van der Waals surface area contributed by atoms with E-state index in [1.165, 1.54) is 11.1 Å². The molecule has 0 bridgehead atoms. The first kappa shape index (κ1) is 12.0. The smallest absolute Gasteiger partial charge is 0.323 e. The van der Waals surface area contributed by atoms with Gasteiger partial charge in [0, 0.05) is 26.4 Å². The van der Waals surface area contributed by atoms with Crippen LogP contribution in [0.5, 0.6) is 0 Å². The number of nitrogens with one attached hydrogen (secondary N) is 4. The van der Waals surface area contributed by atoms with E-state index in [0.29, 0.717) is 11.5 Å². The predicted molar refractivity (Wildman–Crippen MR) is 64.8 cm³/mol. The molecule has 0 fully saturated rings. The summed E-state index contributed by atoms with van der Waals surface area (Å²) in [7, 11) is 3.30. The van der Waals surface area contributed by atoms with Gasteiger partial charge in [-0.2, -0.15) is 5.10 Å². The van der Waals surface area contributed by atoms with E-state index in [2.05, 4.69) is 26.1 Å². The van der Waals surface area contributed by atoms with Crippen LogP contribution < -0.4 is 16.0 Å². The number of urea groups is 1. The highest BCUT2D eigenvalue weighted by Crippen LogP contribution is 2.06. The van der Waals surface area contributed by atoms with Crippen LogP contribution in [0.1, 0.15) is 10.5 Å². The van der Waals surface area contributed by atoms with Gasteiger partial charge in [0.25, 0.3) is 5.91 Å². The molecule has 0 aliphatic carbocycles. The van der Waals surface area contributed by atoms with Crippen molar-refractivity contribution in [2.75, 3.05) is 19.4 Å². The molecule has 1 aromatic rings. The number of aromatic nitrogens is 2. The Morgan fingerprint density at radius 3 is 3.00 bits per heavy atom. The number of aromatic amines is 1. The molecule has 0 saturated carbocycles. The molecule has 8 heteroatoms. The zero-order chi connectivity index (χ0) is 13.1. The molecule has 96 valence electrons. The van der Waals surface area contributed by atoms with Gasteiger partial charge < -0.3 is 20.9 Å². The standard InChI is InChI=1S/C10H14N6O2/c1-11-7-5-6(14-15-7)9(17)13-8-3-4-12-10(18)16(8)2/h3-5,8H,1-2H3,(H,12,18)(H,13,17)(H2,11,14,15). The maximum absolute atomic E-state index is 11.9. The van der Waals surface area contributed by atoms with Crippen molar-refractivity contribution in [1.82, 2.24) is 25.7 Å². The normalized spacial score (nSPS) is 18.4. The van der Waals surface area contributed by atoms with Crippen molar-refractivity contribution in [3.05, 3.63) is 24.0 Å². The van der Waals surface area contributed by atoms with Crippen molar-refractivity contribution in [2.45, 2.75) is 6.17 Å². The molecular formula is C10H14N6O2. The van der Waals surface area contributed by atoms with Crippen molar-refractivity contribution in [1.29, 1.82) is 0 Å². The van der Waals surface area contributed by atoms with Crippen molar-refractivity contribution in [3.63, 3.8) is 0 Å². The van der Waals surface area contributed by atoms with Crippen LogP contribution in [0.4, 0.5) is 10.6 Å². The minimum absolute atomic E-state index is 0.275. The van der Waals surface area contributed by atoms with Gasteiger partial charge in [0.2, 0.25) is 0 Å². The van der Waals surface area contributed by atoms with Crippen molar-refractivity contribution < 1.29 is 9.59 Å². The van der Waals surface area contributed by atoms with Crippen LogP contribution in [-0.2, 0) is 0 Å². The summed E-state index contributed by atoms with van der Waals surface area (Å²) in [4.78, 5) is 24.6. The largest absolute Gasteiger partial charge is 0.372 e. The fraction of sp³-hybridized carbons (Fsp3) is 0.300. The Kier molecular flexibility index (Phi) is 3.18. The van der Waals surface area contributed by atoms with Gasteiger partial charge in [0.05, 0.1) is 0 Å². The van der Waals surface area contributed by atoms with Gasteiger partial charge in [-0.3, -0.25) is 9.89 Å². The zero-order valence-corrected chi connectivity index (χ0v) is 10.0. The van der Waals surface area contributed by atoms with E-state index in [1.54, 1.807) is 26.2 Å². The number of rotatable bonds is 3. The molecule has 0 radical (unpaired) electrons.